The van der Waals surface area contributed by atoms with E-state index in [9.17, 15) is 0 Å². The topological polar surface area (TPSA) is 73.1 Å². The van der Waals surface area contributed by atoms with Crippen molar-refractivity contribution in [3.05, 3.63) is 12.4 Å². The van der Waals surface area contributed by atoms with Crippen molar-refractivity contribution >= 4 is 5.82 Å². The van der Waals surface area contributed by atoms with Gasteiger partial charge in [0.1, 0.15) is 5.82 Å². The van der Waals surface area contributed by atoms with Gasteiger partial charge in [-0.05, 0) is 25.7 Å². The molecule has 1 aromatic heterocycles. The molecule has 100 valence electrons. The molecule has 5 nitrogen and oxygen atoms in total. The van der Waals surface area contributed by atoms with E-state index in [1.165, 1.54) is 19.3 Å². The Bertz CT molecular complexity index is 372. The van der Waals surface area contributed by atoms with Gasteiger partial charge in [-0.15, -0.1) is 0 Å². The van der Waals surface area contributed by atoms with Crippen molar-refractivity contribution in [2.45, 2.75) is 38.6 Å². The van der Waals surface area contributed by atoms with E-state index in [4.69, 9.17) is 10.5 Å². The lowest BCUT2D eigenvalue weighted by Gasteiger charge is -2.28. The number of aromatic nitrogens is 2. The minimum atomic E-state index is 0.314. The first-order valence-corrected chi connectivity index (χ1v) is 6.74. The molecule has 0 spiro atoms. The molecule has 1 fully saturated rings. The Morgan fingerprint density at radius 3 is 3.00 bits per heavy atom. The monoisotopic (exact) mass is 250 g/mol. The van der Waals surface area contributed by atoms with Crippen molar-refractivity contribution in [1.29, 1.82) is 0 Å². The van der Waals surface area contributed by atoms with Gasteiger partial charge in [0.15, 0.2) is 0 Å². The van der Waals surface area contributed by atoms with Gasteiger partial charge < -0.3 is 15.8 Å². The van der Waals surface area contributed by atoms with E-state index in [-0.39, 0.29) is 0 Å². The van der Waals surface area contributed by atoms with E-state index in [0.29, 0.717) is 24.4 Å². The predicted molar refractivity (Wildman–Crippen MR) is 71.6 cm³/mol. The summed E-state index contributed by atoms with van der Waals surface area (Å²) < 4.78 is 5.32. The number of nitrogens with two attached hydrogens (primary N) is 1. The summed E-state index contributed by atoms with van der Waals surface area (Å²) in [4.78, 5) is 8.44. The van der Waals surface area contributed by atoms with Crippen molar-refractivity contribution in [1.82, 2.24) is 9.97 Å². The molecule has 3 N–H and O–H groups in total. The first-order chi connectivity index (χ1) is 8.79. The highest BCUT2D eigenvalue weighted by molar-refractivity contribution is 5.33. The maximum Gasteiger partial charge on any atom is 0.234 e. The standard InChI is InChI=1S/C13H22N4O/c1-2-18-13-9-15-8-12(17-13)16-7-10-5-3-4-6-11(10)14/h8-11H,2-7,14H2,1H3,(H,16,17). The quantitative estimate of drug-likeness (QED) is 0.833. The lowest BCUT2D eigenvalue weighted by Crippen LogP contribution is -2.37. The number of hydrogen-bond acceptors (Lipinski definition) is 5. The Morgan fingerprint density at radius 1 is 1.39 bits per heavy atom. The third-order valence-corrected chi connectivity index (χ3v) is 3.42. The van der Waals surface area contributed by atoms with Crippen molar-refractivity contribution in [3.8, 4) is 5.88 Å². The highest BCUT2D eigenvalue weighted by atomic mass is 16.5. The SMILES string of the molecule is CCOc1cncc(NCC2CCCCC2N)n1. The van der Waals surface area contributed by atoms with Gasteiger partial charge in [0.05, 0.1) is 19.0 Å². The molecule has 1 saturated carbocycles. The second kappa shape index (κ2) is 6.54. The van der Waals surface area contributed by atoms with Crippen molar-refractivity contribution in [2.75, 3.05) is 18.5 Å². The van der Waals surface area contributed by atoms with Gasteiger partial charge in [-0.3, -0.25) is 4.98 Å². The Kier molecular flexibility index (Phi) is 4.75. The fourth-order valence-electron chi connectivity index (χ4n) is 2.38. The lowest BCUT2D eigenvalue weighted by molar-refractivity contribution is 0.319. The molecular weight excluding hydrogens is 228 g/mol. The van der Waals surface area contributed by atoms with E-state index in [1.54, 1.807) is 12.4 Å². The van der Waals surface area contributed by atoms with Gasteiger partial charge >= 0.3 is 0 Å². The third-order valence-electron chi connectivity index (χ3n) is 3.42. The molecule has 1 aliphatic rings. The van der Waals surface area contributed by atoms with Crippen LogP contribution in [0, 0.1) is 5.92 Å². The number of nitrogens with zero attached hydrogens (tertiary/aromatic N) is 2. The van der Waals surface area contributed by atoms with Crippen LogP contribution in [0.15, 0.2) is 12.4 Å². The average molecular weight is 250 g/mol. The molecule has 1 aliphatic carbocycles. The minimum Gasteiger partial charge on any atom is -0.477 e. The zero-order valence-corrected chi connectivity index (χ0v) is 10.9. The van der Waals surface area contributed by atoms with Gasteiger partial charge in [0.2, 0.25) is 5.88 Å². The van der Waals surface area contributed by atoms with Crippen LogP contribution in [-0.2, 0) is 0 Å². The van der Waals surface area contributed by atoms with E-state index in [2.05, 4.69) is 15.3 Å². The fourth-order valence-corrected chi connectivity index (χ4v) is 2.38. The Morgan fingerprint density at radius 2 is 2.22 bits per heavy atom. The zero-order chi connectivity index (χ0) is 12.8. The smallest absolute Gasteiger partial charge is 0.234 e. The zero-order valence-electron chi connectivity index (χ0n) is 10.9. The average Bonchev–Trinajstić information content (AvgIpc) is 2.39. The van der Waals surface area contributed by atoms with Crippen LogP contribution in [0.2, 0.25) is 0 Å². The minimum absolute atomic E-state index is 0.314. The maximum absolute atomic E-state index is 6.12. The molecule has 5 heteroatoms. The molecule has 0 saturated heterocycles. The van der Waals surface area contributed by atoms with Gasteiger partial charge in [-0.1, -0.05) is 12.8 Å². The number of hydrogen-bond donors (Lipinski definition) is 2. The fraction of sp³-hybridized carbons (Fsp3) is 0.692. The second-order valence-electron chi connectivity index (χ2n) is 4.76. The molecule has 0 amide bonds. The molecule has 2 rings (SSSR count). The molecule has 0 bridgehead atoms. The highest BCUT2D eigenvalue weighted by Crippen LogP contribution is 2.23. The Balaban J connectivity index is 1.87. The number of ether oxygens (including phenoxy) is 1. The van der Waals surface area contributed by atoms with Crippen LogP contribution in [-0.4, -0.2) is 29.2 Å². The van der Waals surface area contributed by atoms with Gasteiger partial charge in [0, 0.05) is 12.6 Å². The molecule has 18 heavy (non-hydrogen) atoms. The number of anilines is 1. The van der Waals surface area contributed by atoms with Crippen LogP contribution in [0.3, 0.4) is 0 Å². The summed E-state index contributed by atoms with van der Waals surface area (Å²) in [5.74, 6) is 1.87. The molecule has 0 radical (unpaired) electrons. The summed E-state index contributed by atoms with van der Waals surface area (Å²) >= 11 is 0. The summed E-state index contributed by atoms with van der Waals surface area (Å²) in [6, 6.07) is 0.314. The largest absolute Gasteiger partial charge is 0.477 e. The highest BCUT2D eigenvalue weighted by Gasteiger charge is 2.21. The molecule has 1 aromatic rings. The summed E-state index contributed by atoms with van der Waals surface area (Å²) in [6.07, 6.45) is 8.23. The van der Waals surface area contributed by atoms with E-state index in [0.717, 1.165) is 18.8 Å². The predicted octanol–water partition coefficient (Wildman–Crippen LogP) is 1.80. The van der Waals surface area contributed by atoms with Gasteiger partial charge in [0.25, 0.3) is 0 Å². The second-order valence-corrected chi connectivity index (χ2v) is 4.76. The first-order valence-electron chi connectivity index (χ1n) is 6.74. The number of nitrogens with one attached hydrogen (secondary N) is 1. The van der Waals surface area contributed by atoms with E-state index >= 15 is 0 Å². The van der Waals surface area contributed by atoms with Crippen LogP contribution >= 0.6 is 0 Å². The van der Waals surface area contributed by atoms with Crippen LogP contribution in [0.25, 0.3) is 0 Å². The Labute approximate surface area is 108 Å². The summed E-state index contributed by atoms with van der Waals surface area (Å²) in [5.41, 5.74) is 6.12. The normalized spacial score (nSPS) is 23.7. The first kappa shape index (κ1) is 13.1. The summed E-state index contributed by atoms with van der Waals surface area (Å²) in [7, 11) is 0. The molecule has 2 unspecified atom stereocenters. The van der Waals surface area contributed by atoms with E-state index in [1.807, 2.05) is 6.92 Å². The number of rotatable bonds is 5. The van der Waals surface area contributed by atoms with Crippen LogP contribution < -0.4 is 15.8 Å². The summed E-state index contributed by atoms with van der Waals surface area (Å²) in [5, 5.41) is 3.31. The van der Waals surface area contributed by atoms with Crippen LogP contribution in [0.4, 0.5) is 5.82 Å². The Hall–Kier alpha value is -1.36. The third kappa shape index (κ3) is 3.57. The maximum atomic E-state index is 6.12. The van der Waals surface area contributed by atoms with Gasteiger partial charge in [-0.2, -0.15) is 4.98 Å². The molecule has 0 aliphatic heterocycles. The molecule has 1 heterocycles. The van der Waals surface area contributed by atoms with Crippen molar-refractivity contribution in [2.24, 2.45) is 11.7 Å². The summed E-state index contributed by atoms with van der Waals surface area (Å²) in [6.45, 7) is 3.40. The lowest BCUT2D eigenvalue weighted by atomic mass is 9.85. The van der Waals surface area contributed by atoms with E-state index < -0.39 is 0 Å². The molecule has 2 atom stereocenters. The molecular formula is C13H22N4O. The van der Waals surface area contributed by atoms with Gasteiger partial charge in [-0.25, -0.2) is 0 Å². The van der Waals surface area contributed by atoms with Crippen LogP contribution in [0.5, 0.6) is 5.88 Å². The molecule has 0 aromatic carbocycles. The van der Waals surface area contributed by atoms with Crippen LogP contribution in [0.1, 0.15) is 32.6 Å². The van der Waals surface area contributed by atoms with Crippen molar-refractivity contribution < 1.29 is 4.74 Å². The van der Waals surface area contributed by atoms with Crippen molar-refractivity contribution in [3.63, 3.8) is 0 Å².